The number of guanidine groups is 1. The number of hydrogen-bond donors (Lipinski definition) is 2. The van der Waals surface area contributed by atoms with Crippen LogP contribution >= 0.6 is 11.8 Å². The zero-order chi connectivity index (χ0) is 23.3. The quantitative estimate of drug-likeness (QED) is 0.364. The van der Waals surface area contributed by atoms with Gasteiger partial charge in [0.15, 0.2) is 17.5 Å². The molecule has 3 N–H and O–H groups in total. The number of thioether (sulfide) groups is 1. The van der Waals surface area contributed by atoms with E-state index in [9.17, 15) is 0 Å². The molecule has 0 atom stereocenters. The minimum absolute atomic E-state index is 0.0346. The molecule has 0 radical (unpaired) electrons. The van der Waals surface area contributed by atoms with Crippen LogP contribution in [0.15, 0.2) is 52.4 Å². The lowest BCUT2D eigenvalue weighted by Crippen LogP contribution is -2.50. The molecule has 7 nitrogen and oxygen atoms in total. The van der Waals surface area contributed by atoms with Crippen LogP contribution in [0.4, 0.5) is 5.69 Å². The van der Waals surface area contributed by atoms with Crippen LogP contribution in [0.3, 0.4) is 0 Å². The van der Waals surface area contributed by atoms with Crippen molar-refractivity contribution in [1.29, 1.82) is 0 Å². The van der Waals surface area contributed by atoms with Crippen molar-refractivity contribution in [2.75, 3.05) is 57.6 Å². The summed E-state index contributed by atoms with van der Waals surface area (Å²) in [6.07, 6.45) is 2.10. The number of piperazine rings is 1. The molecule has 2 aromatic carbocycles. The van der Waals surface area contributed by atoms with E-state index in [1.165, 1.54) is 10.5 Å². The molecule has 8 heteroatoms. The van der Waals surface area contributed by atoms with Gasteiger partial charge in [-0.2, -0.15) is 0 Å². The lowest BCUT2D eigenvalue weighted by molar-refractivity contribution is 0.172. The van der Waals surface area contributed by atoms with E-state index >= 15 is 0 Å². The fourth-order valence-corrected chi connectivity index (χ4v) is 4.41. The molecule has 2 aromatic rings. The van der Waals surface area contributed by atoms with Gasteiger partial charge in [0.05, 0.1) is 5.69 Å². The number of hydrogen-bond acceptors (Lipinski definition) is 6. The van der Waals surface area contributed by atoms with E-state index in [4.69, 9.17) is 20.2 Å². The SMILES string of the molecule is CSc1ccccc1NC(=NCC(C)(C)CN)N1CCN(Cc2ccc3c(c2)OCO3)CC1. The van der Waals surface area contributed by atoms with Crippen molar-refractivity contribution in [3.05, 3.63) is 48.0 Å². The number of fused-ring (bicyclic) bond motifs is 1. The minimum Gasteiger partial charge on any atom is -0.454 e. The molecular formula is C25H35N5O2S. The van der Waals surface area contributed by atoms with E-state index in [1.54, 1.807) is 11.8 Å². The van der Waals surface area contributed by atoms with Crippen LogP contribution in [0.5, 0.6) is 11.5 Å². The molecule has 2 aliphatic heterocycles. The van der Waals surface area contributed by atoms with Crippen molar-refractivity contribution in [3.63, 3.8) is 0 Å². The molecule has 0 unspecified atom stereocenters. The normalized spacial score (nSPS) is 16.8. The number of aliphatic imine (C=N–C) groups is 1. The summed E-state index contributed by atoms with van der Waals surface area (Å²) in [6, 6.07) is 14.6. The molecule has 0 aromatic heterocycles. The molecule has 0 bridgehead atoms. The summed E-state index contributed by atoms with van der Waals surface area (Å²) in [4.78, 5) is 11.1. The Hall–Kier alpha value is -2.42. The highest BCUT2D eigenvalue weighted by molar-refractivity contribution is 7.98. The predicted octanol–water partition coefficient (Wildman–Crippen LogP) is 3.71. The van der Waals surface area contributed by atoms with Gasteiger partial charge in [-0.1, -0.05) is 32.0 Å². The van der Waals surface area contributed by atoms with Crippen molar-refractivity contribution < 1.29 is 9.47 Å². The highest BCUT2D eigenvalue weighted by Crippen LogP contribution is 2.33. The van der Waals surface area contributed by atoms with Gasteiger partial charge in [0, 0.05) is 44.2 Å². The fraction of sp³-hybridized carbons (Fsp3) is 0.480. The summed E-state index contributed by atoms with van der Waals surface area (Å²) in [6.45, 7) is 10.6. The van der Waals surface area contributed by atoms with E-state index in [2.05, 4.69) is 71.6 Å². The number of ether oxygens (including phenoxy) is 2. The summed E-state index contributed by atoms with van der Waals surface area (Å²) in [7, 11) is 0. The Morgan fingerprint density at radius 1 is 1.09 bits per heavy atom. The average molecular weight is 470 g/mol. The summed E-state index contributed by atoms with van der Waals surface area (Å²) in [5, 5.41) is 3.62. The van der Waals surface area contributed by atoms with Gasteiger partial charge in [-0.15, -0.1) is 11.8 Å². The maximum absolute atomic E-state index is 5.96. The Morgan fingerprint density at radius 2 is 1.85 bits per heavy atom. The standard InChI is InChI=1S/C25H35N5O2S/c1-25(2,16-26)17-27-24(28-20-6-4-5-7-23(20)33-3)30-12-10-29(11-13-30)15-19-8-9-21-22(14-19)32-18-31-21/h4-9,14H,10-13,15-18,26H2,1-3H3,(H,27,28). The molecule has 1 saturated heterocycles. The molecule has 2 heterocycles. The monoisotopic (exact) mass is 469 g/mol. The second kappa shape index (κ2) is 10.7. The number of nitrogens with zero attached hydrogens (tertiary/aromatic N) is 3. The molecule has 178 valence electrons. The Labute approximate surface area is 201 Å². The first kappa shape index (κ1) is 23.7. The molecular weight excluding hydrogens is 434 g/mol. The summed E-state index contributed by atoms with van der Waals surface area (Å²) >= 11 is 1.74. The number of para-hydroxylation sites is 1. The number of anilines is 1. The lowest BCUT2D eigenvalue weighted by Gasteiger charge is -2.37. The van der Waals surface area contributed by atoms with Gasteiger partial charge in [0.25, 0.3) is 0 Å². The number of rotatable bonds is 7. The third-order valence-corrected chi connectivity index (χ3v) is 6.87. The second-order valence-electron chi connectivity index (χ2n) is 9.28. The highest BCUT2D eigenvalue weighted by Gasteiger charge is 2.23. The Balaban J connectivity index is 1.42. The zero-order valence-corrected chi connectivity index (χ0v) is 20.7. The first-order valence-corrected chi connectivity index (χ1v) is 12.7. The molecule has 0 spiro atoms. The highest BCUT2D eigenvalue weighted by atomic mass is 32.2. The van der Waals surface area contributed by atoms with Crippen molar-refractivity contribution >= 4 is 23.4 Å². The number of nitrogens with one attached hydrogen (secondary N) is 1. The molecule has 0 aliphatic carbocycles. The first-order valence-electron chi connectivity index (χ1n) is 11.5. The van der Waals surface area contributed by atoms with Gasteiger partial charge in [-0.3, -0.25) is 9.89 Å². The Kier molecular flexibility index (Phi) is 7.67. The average Bonchev–Trinajstić information content (AvgIpc) is 3.30. The Bertz CT molecular complexity index is 973. The molecule has 0 amide bonds. The first-order chi connectivity index (χ1) is 16.0. The van der Waals surface area contributed by atoms with Crippen LogP contribution in [0.1, 0.15) is 19.4 Å². The maximum atomic E-state index is 5.96. The largest absolute Gasteiger partial charge is 0.454 e. The van der Waals surface area contributed by atoms with E-state index in [0.29, 0.717) is 19.9 Å². The second-order valence-corrected chi connectivity index (χ2v) is 10.1. The topological polar surface area (TPSA) is 75.4 Å². The fourth-order valence-electron chi connectivity index (χ4n) is 3.86. The van der Waals surface area contributed by atoms with Crippen molar-refractivity contribution in [3.8, 4) is 11.5 Å². The maximum Gasteiger partial charge on any atom is 0.231 e. The van der Waals surface area contributed by atoms with Crippen LogP contribution in [-0.4, -0.2) is 68.1 Å². The summed E-state index contributed by atoms with van der Waals surface area (Å²) in [5.41, 5.74) is 8.27. The van der Waals surface area contributed by atoms with Gasteiger partial charge in [-0.05, 0) is 48.0 Å². The van der Waals surface area contributed by atoms with Gasteiger partial charge in [0.2, 0.25) is 6.79 Å². The molecule has 2 aliphatic rings. The molecule has 0 saturated carbocycles. The smallest absolute Gasteiger partial charge is 0.231 e. The predicted molar refractivity (Wildman–Crippen MR) is 136 cm³/mol. The zero-order valence-electron chi connectivity index (χ0n) is 19.8. The van der Waals surface area contributed by atoms with Crippen molar-refractivity contribution in [2.45, 2.75) is 25.3 Å². The van der Waals surface area contributed by atoms with E-state index in [1.807, 2.05) is 6.07 Å². The van der Waals surface area contributed by atoms with Crippen LogP contribution in [-0.2, 0) is 6.54 Å². The minimum atomic E-state index is -0.0346. The van der Waals surface area contributed by atoms with Gasteiger partial charge in [-0.25, -0.2) is 0 Å². The third kappa shape index (κ3) is 6.13. The van der Waals surface area contributed by atoms with Gasteiger partial charge >= 0.3 is 0 Å². The summed E-state index contributed by atoms with van der Waals surface area (Å²) < 4.78 is 11.0. The third-order valence-electron chi connectivity index (χ3n) is 6.08. The van der Waals surface area contributed by atoms with Crippen molar-refractivity contribution in [2.24, 2.45) is 16.1 Å². The van der Waals surface area contributed by atoms with Gasteiger partial charge < -0.3 is 25.4 Å². The van der Waals surface area contributed by atoms with Crippen LogP contribution in [0.2, 0.25) is 0 Å². The van der Waals surface area contributed by atoms with E-state index in [-0.39, 0.29) is 5.41 Å². The Morgan fingerprint density at radius 3 is 2.61 bits per heavy atom. The van der Waals surface area contributed by atoms with Crippen LogP contribution in [0, 0.1) is 5.41 Å². The molecule has 33 heavy (non-hydrogen) atoms. The van der Waals surface area contributed by atoms with Crippen LogP contribution in [0.25, 0.3) is 0 Å². The van der Waals surface area contributed by atoms with Crippen molar-refractivity contribution in [1.82, 2.24) is 9.80 Å². The molecule has 1 fully saturated rings. The molecule has 4 rings (SSSR count). The van der Waals surface area contributed by atoms with Crippen LogP contribution < -0.4 is 20.5 Å². The number of benzene rings is 2. The number of nitrogens with two attached hydrogens (primary N) is 1. The van der Waals surface area contributed by atoms with Gasteiger partial charge in [0.1, 0.15) is 0 Å². The lowest BCUT2D eigenvalue weighted by atomic mass is 9.94. The summed E-state index contributed by atoms with van der Waals surface area (Å²) in [5.74, 6) is 2.61. The van der Waals surface area contributed by atoms with E-state index < -0.39 is 0 Å². The van der Waals surface area contributed by atoms with E-state index in [0.717, 1.165) is 55.9 Å².